The summed E-state index contributed by atoms with van der Waals surface area (Å²) in [6.07, 6.45) is 8.31. The molecule has 4 aliphatic rings. The Kier molecular flexibility index (Phi) is 5.00. The zero-order chi connectivity index (χ0) is 19.1. The van der Waals surface area contributed by atoms with Gasteiger partial charge < -0.3 is 5.32 Å². The lowest BCUT2D eigenvalue weighted by atomic mass is 9.48. The molecule has 1 aromatic heterocycles. The lowest BCUT2D eigenvalue weighted by Crippen LogP contribution is -2.55. The van der Waals surface area contributed by atoms with E-state index in [1.165, 1.54) is 43.4 Å². The Hall–Kier alpha value is -1.33. The summed E-state index contributed by atoms with van der Waals surface area (Å²) < 4.78 is 0. The number of amides is 1. The first-order valence-corrected chi connectivity index (χ1v) is 12.4. The van der Waals surface area contributed by atoms with Gasteiger partial charge in [0.05, 0.1) is 11.2 Å². The predicted molar refractivity (Wildman–Crippen MR) is 116 cm³/mol. The van der Waals surface area contributed by atoms with E-state index in [9.17, 15) is 4.79 Å². The van der Waals surface area contributed by atoms with E-state index in [1.807, 2.05) is 17.6 Å². The van der Waals surface area contributed by atoms with Crippen molar-refractivity contribution >= 4 is 29.0 Å². The summed E-state index contributed by atoms with van der Waals surface area (Å²) in [4.78, 5) is 18.4. The molecule has 4 saturated carbocycles. The molecule has 0 radical (unpaired) electrons. The fraction of sp³-hybridized carbons (Fsp3) is 0.565. The van der Waals surface area contributed by atoms with E-state index in [1.54, 1.807) is 23.1 Å². The molecule has 1 heterocycles. The quantitative estimate of drug-likeness (QED) is 0.612. The van der Waals surface area contributed by atoms with Gasteiger partial charge in [-0.1, -0.05) is 0 Å². The van der Waals surface area contributed by atoms with Crippen molar-refractivity contribution in [2.75, 3.05) is 0 Å². The number of thioether (sulfide) groups is 1. The number of hydrogen-bond donors (Lipinski definition) is 1. The molecule has 1 N–H and O–H groups in total. The van der Waals surface area contributed by atoms with Gasteiger partial charge in [-0.2, -0.15) is 0 Å². The third-order valence-corrected chi connectivity index (χ3v) is 9.02. The number of nitrogens with one attached hydrogen (secondary N) is 1. The fourth-order valence-corrected chi connectivity index (χ4v) is 7.77. The van der Waals surface area contributed by atoms with Crippen molar-refractivity contribution < 1.29 is 4.79 Å². The Morgan fingerprint density at radius 3 is 2.39 bits per heavy atom. The van der Waals surface area contributed by atoms with Crippen LogP contribution >= 0.6 is 23.1 Å². The van der Waals surface area contributed by atoms with Crippen molar-refractivity contribution in [3.8, 4) is 0 Å². The van der Waals surface area contributed by atoms with Crippen LogP contribution in [0.2, 0.25) is 0 Å². The Bertz CT molecular complexity index is 796. The number of hydrogen-bond acceptors (Lipinski definition) is 4. The van der Waals surface area contributed by atoms with E-state index < -0.39 is 0 Å². The van der Waals surface area contributed by atoms with Crippen LogP contribution in [-0.4, -0.2) is 16.9 Å². The Morgan fingerprint density at radius 2 is 1.82 bits per heavy atom. The summed E-state index contributed by atoms with van der Waals surface area (Å²) in [5, 5.41) is 5.46. The van der Waals surface area contributed by atoms with Gasteiger partial charge in [0, 0.05) is 27.6 Å². The van der Waals surface area contributed by atoms with Crippen LogP contribution in [-0.2, 0) is 5.75 Å². The van der Waals surface area contributed by atoms with Gasteiger partial charge >= 0.3 is 0 Å². The van der Waals surface area contributed by atoms with Crippen LogP contribution in [0.5, 0.6) is 0 Å². The third kappa shape index (κ3) is 3.63. The number of carbonyl (C=O) groups excluding carboxylic acids is 1. The minimum atomic E-state index is 0.0827. The number of aromatic nitrogens is 1. The number of thiazole rings is 1. The lowest BCUT2D eigenvalue weighted by molar-refractivity contribution is -0.0688. The average molecular weight is 413 g/mol. The van der Waals surface area contributed by atoms with E-state index in [2.05, 4.69) is 34.7 Å². The average Bonchev–Trinajstić information content (AvgIpc) is 3.19. The van der Waals surface area contributed by atoms with Gasteiger partial charge in [0.25, 0.3) is 5.91 Å². The first kappa shape index (κ1) is 18.7. The molecule has 1 aromatic carbocycles. The Labute approximate surface area is 175 Å². The van der Waals surface area contributed by atoms with Gasteiger partial charge in [-0.15, -0.1) is 23.1 Å². The van der Waals surface area contributed by atoms with Gasteiger partial charge in [0.2, 0.25) is 0 Å². The van der Waals surface area contributed by atoms with Crippen LogP contribution in [0, 0.1) is 23.2 Å². The molecule has 0 aliphatic heterocycles. The zero-order valence-electron chi connectivity index (χ0n) is 16.4. The van der Waals surface area contributed by atoms with E-state index in [0.29, 0.717) is 5.41 Å². The SMILES string of the molecule is C[C@@H](NC(=O)c1ccc(SCc2cscn2)cc1)C12CC3CC(CC(C3)C1)C2. The summed E-state index contributed by atoms with van der Waals surface area (Å²) in [7, 11) is 0. The van der Waals surface area contributed by atoms with Crippen molar-refractivity contribution in [1.82, 2.24) is 10.3 Å². The van der Waals surface area contributed by atoms with Crippen molar-refractivity contribution in [1.29, 1.82) is 0 Å². The molecule has 1 atom stereocenters. The number of carbonyl (C=O) groups is 1. The molecule has 6 rings (SSSR count). The maximum atomic E-state index is 12.9. The summed E-state index contributed by atoms with van der Waals surface area (Å²) in [6, 6.07) is 8.31. The van der Waals surface area contributed by atoms with Crippen LogP contribution in [0.15, 0.2) is 40.1 Å². The minimum Gasteiger partial charge on any atom is -0.349 e. The largest absolute Gasteiger partial charge is 0.349 e. The van der Waals surface area contributed by atoms with Crippen molar-refractivity contribution in [2.24, 2.45) is 23.2 Å². The first-order valence-electron chi connectivity index (χ1n) is 10.5. The Morgan fingerprint density at radius 1 is 1.18 bits per heavy atom. The summed E-state index contributed by atoms with van der Waals surface area (Å²) in [5.41, 5.74) is 4.11. The second-order valence-electron chi connectivity index (χ2n) is 9.27. The van der Waals surface area contributed by atoms with E-state index >= 15 is 0 Å². The Balaban J connectivity index is 1.20. The zero-order valence-corrected chi connectivity index (χ0v) is 18.0. The number of rotatable bonds is 6. The highest BCUT2D eigenvalue weighted by Gasteiger charge is 2.53. The molecule has 4 aliphatic carbocycles. The number of nitrogens with zero attached hydrogens (tertiary/aromatic N) is 1. The predicted octanol–water partition coefficient (Wildman–Crippen LogP) is 5.77. The first-order chi connectivity index (χ1) is 13.6. The highest BCUT2D eigenvalue weighted by atomic mass is 32.2. The van der Waals surface area contributed by atoms with Gasteiger partial charge in [0.15, 0.2) is 0 Å². The molecular formula is C23H28N2OS2. The molecule has 5 heteroatoms. The minimum absolute atomic E-state index is 0.0827. The second-order valence-corrected chi connectivity index (χ2v) is 11.0. The maximum Gasteiger partial charge on any atom is 0.251 e. The van der Waals surface area contributed by atoms with E-state index in [4.69, 9.17) is 0 Å². The van der Waals surface area contributed by atoms with Crippen LogP contribution in [0.3, 0.4) is 0 Å². The number of benzene rings is 1. The molecule has 0 saturated heterocycles. The molecule has 28 heavy (non-hydrogen) atoms. The van der Waals surface area contributed by atoms with Gasteiger partial charge in [-0.05, 0) is 92.9 Å². The topological polar surface area (TPSA) is 42.0 Å². The lowest BCUT2D eigenvalue weighted by Gasteiger charge is -2.59. The standard InChI is InChI=1S/C23H28N2OS2/c1-15(23-9-16-6-17(10-23)8-18(7-16)11-23)25-22(26)19-2-4-21(5-3-19)28-13-20-12-27-14-24-20/h2-5,12,14-18H,6-11,13H2,1H3,(H,25,26)/t15-,16?,17?,18?,23?/m1/s1. The molecule has 3 nitrogen and oxygen atoms in total. The van der Waals surface area contributed by atoms with E-state index in [-0.39, 0.29) is 11.9 Å². The van der Waals surface area contributed by atoms with Crippen molar-refractivity contribution in [3.63, 3.8) is 0 Å². The highest BCUT2D eigenvalue weighted by Crippen LogP contribution is 2.61. The van der Waals surface area contributed by atoms with E-state index in [0.717, 1.165) is 34.8 Å². The normalized spacial score (nSPS) is 31.7. The van der Waals surface area contributed by atoms with Crippen LogP contribution < -0.4 is 5.32 Å². The smallest absolute Gasteiger partial charge is 0.251 e. The molecule has 4 bridgehead atoms. The van der Waals surface area contributed by atoms with Crippen LogP contribution in [0.4, 0.5) is 0 Å². The molecule has 4 fully saturated rings. The van der Waals surface area contributed by atoms with Crippen LogP contribution in [0.25, 0.3) is 0 Å². The third-order valence-electron chi connectivity index (χ3n) is 7.34. The highest BCUT2D eigenvalue weighted by molar-refractivity contribution is 7.98. The van der Waals surface area contributed by atoms with Crippen molar-refractivity contribution in [2.45, 2.75) is 62.1 Å². The molecule has 2 aromatic rings. The molecule has 0 unspecified atom stereocenters. The fourth-order valence-electron chi connectivity index (χ4n) is 6.31. The van der Waals surface area contributed by atoms with Gasteiger partial charge in [0.1, 0.15) is 0 Å². The molecule has 1 amide bonds. The molecular weight excluding hydrogens is 384 g/mol. The summed E-state index contributed by atoms with van der Waals surface area (Å²) >= 11 is 3.39. The summed E-state index contributed by atoms with van der Waals surface area (Å²) in [6.45, 7) is 2.25. The monoisotopic (exact) mass is 412 g/mol. The second kappa shape index (κ2) is 7.49. The van der Waals surface area contributed by atoms with Crippen molar-refractivity contribution in [3.05, 3.63) is 46.4 Å². The molecule has 0 spiro atoms. The van der Waals surface area contributed by atoms with Crippen LogP contribution in [0.1, 0.15) is 61.5 Å². The van der Waals surface area contributed by atoms with Gasteiger partial charge in [-0.25, -0.2) is 4.98 Å². The summed E-state index contributed by atoms with van der Waals surface area (Å²) in [5.74, 6) is 3.70. The molecule has 148 valence electrons. The maximum absolute atomic E-state index is 12.9. The van der Waals surface area contributed by atoms with Gasteiger partial charge in [-0.3, -0.25) is 4.79 Å².